The van der Waals surface area contributed by atoms with Gasteiger partial charge in [0.25, 0.3) is 0 Å². The zero-order valence-corrected chi connectivity index (χ0v) is 27.7. The van der Waals surface area contributed by atoms with Gasteiger partial charge in [-0.05, 0) is 108 Å². The van der Waals surface area contributed by atoms with Crippen molar-refractivity contribution in [1.29, 1.82) is 0 Å². The Bertz CT molecular complexity index is 2550. The van der Waals surface area contributed by atoms with Crippen LogP contribution in [-0.4, -0.2) is 0 Å². The van der Waals surface area contributed by atoms with E-state index >= 15 is 0 Å². The average molecular weight is 643 g/mol. The summed E-state index contributed by atoms with van der Waals surface area (Å²) in [6, 6.07) is 66.7. The number of hydrogen-bond acceptors (Lipinski definition) is 3. The number of rotatable bonds is 7. The third-order valence-electron chi connectivity index (χ3n) is 9.53. The molecule has 0 fully saturated rings. The molecular formula is C47H34N2O. The van der Waals surface area contributed by atoms with E-state index in [4.69, 9.17) is 4.42 Å². The van der Waals surface area contributed by atoms with Crippen molar-refractivity contribution in [2.75, 3.05) is 9.80 Å². The first-order valence-electron chi connectivity index (χ1n) is 17.0. The lowest BCUT2D eigenvalue weighted by atomic mass is 9.97. The molecule has 50 heavy (non-hydrogen) atoms. The van der Waals surface area contributed by atoms with Gasteiger partial charge in [-0.2, -0.15) is 0 Å². The molecule has 0 bridgehead atoms. The fourth-order valence-electron chi connectivity index (χ4n) is 7.17. The number of para-hydroxylation sites is 2. The minimum absolute atomic E-state index is 0.870. The smallest absolute Gasteiger partial charge is 0.137 e. The van der Waals surface area contributed by atoms with Gasteiger partial charge in [-0.15, -0.1) is 0 Å². The lowest BCUT2D eigenvalue weighted by Gasteiger charge is -2.30. The van der Waals surface area contributed by atoms with Crippen LogP contribution in [0.1, 0.15) is 5.56 Å². The molecule has 0 N–H and O–H groups in total. The predicted molar refractivity (Wildman–Crippen MR) is 211 cm³/mol. The van der Waals surface area contributed by atoms with E-state index in [1.807, 2.05) is 0 Å². The molecule has 238 valence electrons. The van der Waals surface area contributed by atoms with E-state index in [1.165, 1.54) is 21.7 Å². The Labute approximate surface area is 291 Å². The van der Waals surface area contributed by atoms with Gasteiger partial charge in [0.05, 0.1) is 5.69 Å². The Hall–Kier alpha value is -6.58. The van der Waals surface area contributed by atoms with Crippen molar-refractivity contribution in [3.8, 4) is 11.1 Å². The van der Waals surface area contributed by atoms with Crippen LogP contribution < -0.4 is 9.80 Å². The van der Waals surface area contributed by atoms with Gasteiger partial charge in [0, 0.05) is 50.8 Å². The number of fused-ring (bicyclic) bond motifs is 4. The molecule has 0 atom stereocenters. The lowest BCUT2D eigenvalue weighted by Crippen LogP contribution is -2.13. The van der Waals surface area contributed by atoms with Crippen LogP contribution in [0.15, 0.2) is 192 Å². The van der Waals surface area contributed by atoms with Gasteiger partial charge in [-0.1, -0.05) is 103 Å². The first kappa shape index (κ1) is 29.6. The lowest BCUT2D eigenvalue weighted by molar-refractivity contribution is 0.669. The molecule has 9 rings (SSSR count). The molecule has 0 unspecified atom stereocenters. The molecule has 3 nitrogen and oxygen atoms in total. The van der Waals surface area contributed by atoms with Crippen molar-refractivity contribution in [2.24, 2.45) is 0 Å². The molecule has 9 aromatic rings. The van der Waals surface area contributed by atoms with Crippen LogP contribution in [0, 0.1) is 6.92 Å². The largest absolute Gasteiger partial charge is 0.456 e. The second kappa shape index (κ2) is 12.5. The summed E-state index contributed by atoms with van der Waals surface area (Å²) in [5, 5.41) is 4.68. The minimum Gasteiger partial charge on any atom is -0.456 e. The summed E-state index contributed by atoms with van der Waals surface area (Å²) < 4.78 is 6.50. The maximum absolute atomic E-state index is 6.50. The van der Waals surface area contributed by atoms with Crippen LogP contribution in [0.4, 0.5) is 34.1 Å². The molecule has 0 saturated heterocycles. The van der Waals surface area contributed by atoms with Gasteiger partial charge in [0.15, 0.2) is 0 Å². The minimum atomic E-state index is 0.870. The number of benzene rings is 8. The van der Waals surface area contributed by atoms with Crippen LogP contribution in [0.5, 0.6) is 0 Å². The average Bonchev–Trinajstić information content (AvgIpc) is 3.56. The molecule has 0 aliphatic rings. The molecule has 0 radical (unpaired) electrons. The molecule has 0 saturated carbocycles. The van der Waals surface area contributed by atoms with E-state index in [1.54, 1.807) is 0 Å². The van der Waals surface area contributed by atoms with E-state index in [0.717, 1.165) is 61.8 Å². The van der Waals surface area contributed by atoms with E-state index < -0.39 is 0 Å². The number of aryl methyl sites for hydroxylation is 1. The first-order chi connectivity index (χ1) is 24.7. The fraction of sp³-hybridized carbons (Fsp3) is 0.0213. The van der Waals surface area contributed by atoms with Crippen molar-refractivity contribution >= 4 is 66.8 Å². The number of nitrogens with zero attached hydrogens (tertiary/aromatic N) is 2. The Kier molecular flexibility index (Phi) is 7.37. The van der Waals surface area contributed by atoms with Gasteiger partial charge < -0.3 is 14.2 Å². The standard InChI is InChI=1S/C47H34N2O/c1-33-14-13-23-45-47(33)42-29-28-41(32-46(42)50-45)49(44-31-36-18-12-11-17-35(36)30-43(44)34-15-5-2-6-16-34)40-26-24-39(25-27-40)48(37-19-7-3-8-20-37)38-21-9-4-10-22-38/h2-32H,1H3. The van der Waals surface area contributed by atoms with Gasteiger partial charge >= 0.3 is 0 Å². The van der Waals surface area contributed by atoms with Gasteiger partial charge in [-0.25, -0.2) is 0 Å². The van der Waals surface area contributed by atoms with Crippen molar-refractivity contribution in [2.45, 2.75) is 6.92 Å². The fourth-order valence-corrected chi connectivity index (χ4v) is 7.17. The Morgan fingerprint density at radius 2 is 0.940 bits per heavy atom. The summed E-state index contributed by atoms with van der Waals surface area (Å²) in [5.41, 5.74) is 11.8. The van der Waals surface area contributed by atoms with Crippen LogP contribution in [0.25, 0.3) is 43.8 Å². The highest BCUT2D eigenvalue weighted by Gasteiger charge is 2.21. The molecular weight excluding hydrogens is 609 g/mol. The van der Waals surface area contributed by atoms with E-state index in [0.29, 0.717) is 0 Å². The highest BCUT2D eigenvalue weighted by Crippen LogP contribution is 2.45. The van der Waals surface area contributed by atoms with Gasteiger partial charge in [-0.3, -0.25) is 0 Å². The number of furan rings is 1. The SMILES string of the molecule is Cc1cccc2oc3cc(N(c4ccc(N(c5ccccc5)c5ccccc5)cc4)c4cc5ccccc5cc4-c4ccccc4)ccc3c12. The molecule has 0 aliphatic heterocycles. The number of anilines is 6. The second-order valence-corrected chi connectivity index (χ2v) is 12.7. The third-order valence-corrected chi connectivity index (χ3v) is 9.53. The summed E-state index contributed by atoms with van der Waals surface area (Å²) in [7, 11) is 0. The predicted octanol–water partition coefficient (Wildman–Crippen LogP) is 13.7. The van der Waals surface area contributed by atoms with Crippen molar-refractivity contribution in [3.05, 3.63) is 194 Å². The first-order valence-corrected chi connectivity index (χ1v) is 17.0. The number of hydrogen-bond donors (Lipinski definition) is 0. The summed E-state index contributed by atoms with van der Waals surface area (Å²) in [4.78, 5) is 4.66. The summed E-state index contributed by atoms with van der Waals surface area (Å²) in [6.45, 7) is 2.15. The normalized spacial score (nSPS) is 11.3. The third kappa shape index (κ3) is 5.26. The van der Waals surface area contributed by atoms with E-state index in [9.17, 15) is 0 Å². The second-order valence-electron chi connectivity index (χ2n) is 12.7. The molecule has 0 spiro atoms. The van der Waals surface area contributed by atoms with E-state index in [-0.39, 0.29) is 0 Å². The molecule has 1 aromatic heterocycles. The molecule has 3 heteroatoms. The van der Waals surface area contributed by atoms with Crippen LogP contribution in [-0.2, 0) is 0 Å². The topological polar surface area (TPSA) is 19.6 Å². The Morgan fingerprint density at radius 1 is 0.400 bits per heavy atom. The highest BCUT2D eigenvalue weighted by atomic mass is 16.3. The summed E-state index contributed by atoms with van der Waals surface area (Å²) in [6.07, 6.45) is 0. The molecule has 0 amide bonds. The van der Waals surface area contributed by atoms with E-state index in [2.05, 4.69) is 205 Å². The molecule has 8 aromatic carbocycles. The zero-order valence-electron chi connectivity index (χ0n) is 27.7. The molecule has 1 heterocycles. The van der Waals surface area contributed by atoms with Crippen molar-refractivity contribution in [3.63, 3.8) is 0 Å². The maximum atomic E-state index is 6.50. The van der Waals surface area contributed by atoms with Crippen molar-refractivity contribution in [1.82, 2.24) is 0 Å². The van der Waals surface area contributed by atoms with Crippen LogP contribution >= 0.6 is 0 Å². The quantitative estimate of drug-likeness (QED) is 0.172. The Morgan fingerprint density at radius 3 is 1.60 bits per heavy atom. The maximum Gasteiger partial charge on any atom is 0.137 e. The Balaban J connectivity index is 1.26. The highest BCUT2D eigenvalue weighted by molar-refractivity contribution is 6.08. The zero-order chi connectivity index (χ0) is 33.4. The van der Waals surface area contributed by atoms with Crippen LogP contribution in [0.3, 0.4) is 0 Å². The summed E-state index contributed by atoms with van der Waals surface area (Å²) in [5.74, 6) is 0. The summed E-state index contributed by atoms with van der Waals surface area (Å²) >= 11 is 0. The van der Waals surface area contributed by atoms with Gasteiger partial charge in [0.1, 0.15) is 11.2 Å². The van der Waals surface area contributed by atoms with Gasteiger partial charge in [0.2, 0.25) is 0 Å². The monoisotopic (exact) mass is 642 g/mol. The molecule has 0 aliphatic carbocycles. The van der Waals surface area contributed by atoms with Crippen molar-refractivity contribution < 1.29 is 4.42 Å². The van der Waals surface area contributed by atoms with Crippen LogP contribution in [0.2, 0.25) is 0 Å².